The van der Waals surface area contributed by atoms with Gasteiger partial charge in [0, 0.05) is 45.7 Å². The van der Waals surface area contributed by atoms with Gasteiger partial charge in [0.1, 0.15) is 22.8 Å². The second-order valence-corrected chi connectivity index (χ2v) is 10.6. The van der Waals surface area contributed by atoms with Crippen molar-refractivity contribution in [2.75, 3.05) is 6.61 Å². The molecule has 1 unspecified atom stereocenters. The molecule has 4 aromatic rings. The zero-order valence-electron chi connectivity index (χ0n) is 19.9. The zero-order chi connectivity index (χ0) is 25.2. The average molecular weight is 492 g/mol. The summed E-state index contributed by atoms with van der Waals surface area (Å²) in [5, 5.41) is 2.99. The number of halogens is 2. The molecule has 0 aliphatic carbocycles. The number of fused-ring (bicyclic) bond motifs is 1. The van der Waals surface area contributed by atoms with E-state index in [1.54, 1.807) is 32.0 Å². The summed E-state index contributed by atoms with van der Waals surface area (Å²) in [6.07, 6.45) is 0. The molecule has 35 heavy (non-hydrogen) atoms. The number of ether oxygens (including phenoxy) is 2. The number of thiophene rings is 1. The lowest BCUT2D eigenvalue weighted by atomic mass is 10.1. The summed E-state index contributed by atoms with van der Waals surface area (Å²) in [5.74, 6) is 5.30. The van der Waals surface area contributed by atoms with Crippen molar-refractivity contribution >= 4 is 26.5 Å². The molecule has 0 saturated heterocycles. The van der Waals surface area contributed by atoms with Gasteiger partial charge in [0.15, 0.2) is 21.8 Å². The lowest BCUT2D eigenvalue weighted by Gasteiger charge is -2.19. The molecular formula is C29H25F2O3S+. The lowest BCUT2D eigenvalue weighted by molar-refractivity contribution is -0.154. The summed E-state index contributed by atoms with van der Waals surface area (Å²) in [6, 6.07) is 16.7. The minimum atomic E-state index is -1.04. The molecule has 3 aromatic carbocycles. The average Bonchev–Trinajstić information content (AvgIpc) is 3.21. The molecule has 1 heterocycles. The maximum absolute atomic E-state index is 13.6. The van der Waals surface area contributed by atoms with E-state index in [1.807, 2.05) is 38.1 Å². The molecule has 0 N–H and O–H groups in total. The van der Waals surface area contributed by atoms with E-state index in [4.69, 9.17) is 9.47 Å². The van der Waals surface area contributed by atoms with Gasteiger partial charge in [0.25, 0.3) is 0 Å². The van der Waals surface area contributed by atoms with E-state index in [2.05, 4.69) is 17.2 Å². The highest BCUT2D eigenvalue weighted by Crippen LogP contribution is 2.42. The Bertz CT molecular complexity index is 1430. The fraction of sp³-hybridized carbons (Fsp3) is 0.207. The first kappa shape index (κ1) is 24.4. The second kappa shape index (κ2) is 9.89. The zero-order valence-corrected chi connectivity index (χ0v) is 20.8. The first-order chi connectivity index (χ1) is 16.6. The molecule has 0 amide bonds. The first-order valence-corrected chi connectivity index (χ1v) is 12.4. The van der Waals surface area contributed by atoms with Crippen molar-refractivity contribution in [3.63, 3.8) is 0 Å². The number of aryl methyl sites for hydroxylation is 2. The van der Waals surface area contributed by atoms with Gasteiger partial charge in [-0.2, -0.15) is 0 Å². The Morgan fingerprint density at radius 1 is 0.943 bits per heavy atom. The topological polar surface area (TPSA) is 35.5 Å². The molecule has 0 aliphatic rings. The Balaban J connectivity index is 1.44. The maximum Gasteiger partial charge on any atom is 0.345 e. The van der Waals surface area contributed by atoms with E-state index in [1.165, 1.54) is 18.2 Å². The number of carbonyl (C=O) groups is 1. The third kappa shape index (κ3) is 5.87. The second-order valence-electron chi connectivity index (χ2n) is 8.74. The van der Waals surface area contributed by atoms with Crippen LogP contribution in [0.15, 0.2) is 66.0 Å². The quantitative estimate of drug-likeness (QED) is 0.168. The van der Waals surface area contributed by atoms with Gasteiger partial charge in [-0.15, -0.1) is 0 Å². The smallest absolute Gasteiger partial charge is 0.345 e. The van der Waals surface area contributed by atoms with Crippen LogP contribution in [0.1, 0.15) is 30.5 Å². The summed E-state index contributed by atoms with van der Waals surface area (Å²) in [4.78, 5) is 13.6. The van der Waals surface area contributed by atoms with Crippen molar-refractivity contribution in [1.82, 2.24) is 0 Å². The van der Waals surface area contributed by atoms with Crippen LogP contribution in [-0.4, -0.2) is 18.2 Å². The highest BCUT2D eigenvalue weighted by atomic mass is 32.2. The van der Waals surface area contributed by atoms with Crippen LogP contribution in [0.4, 0.5) is 8.78 Å². The Kier molecular flexibility index (Phi) is 6.90. The predicted molar refractivity (Wildman–Crippen MR) is 136 cm³/mol. The van der Waals surface area contributed by atoms with E-state index in [9.17, 15) is 13.6 Å². The Morgan fingerprint density at radius 3 is 2.29 bits per heavy atom. The van der Waals surface area contributed by atoms with Gasteiger partial charge in [0.2, 0.25) is 0 Å². The normalized spacial score (nSPS) is 11.7. The Morgan fingerprint density at radius 2 is 1.60 bits per heavy atom. The molecule has 3 nitrogen and oxygen atoms in total. The van der Waals surface area contributed by atoms with Crippen molar-refractivity contribution in [3.8, 4) is 22.5 Å². The summed E-state index contributed by atoms with van der Waals surface area (Å²) in [5.41, 5.74) is 1.40. The largest absolute Gasteiger partial charge is 0.481 e. The molecule has 1 atom stereocenters. The molecule has 0 fully saturated rings. The van der Waals surface area contributed by atoms with Gasteiger partial charge >= 0.3 is 5.97 Å². The molecule has 0 radical (unpaired) electrons. The fourth-order valence-electron chi connectivity index (χ4n) is 3.76. The van der Waals surface area contributed by atoms with E-state index in [0.29, 0.717) is 11.3 Å². The molecule has 0 saturated carbocycles. The SMILES string of the molecule is Cc1cc(-[s+]2ccc3cc(F)ccc32)cc(C)c1OCC(=O)OC(C)(C)C#Cc1ccc(F)cc1. The summed E-state index contributed by atoms with van der Waals surface area (Å²) >= 11 is 0. The fourth-order valence-corrected chi connectivity index (χ4v) is 5.81. The Labute approximate surface area is 206 Å². The molecule has 6 heteroatoms. The first-order valence-electron chi connectivity index (χ1n) is 11.1. The molecule has 4 rings (SSSR count). The van der Waals surface area contributed by atoms with E-state index < -0.39 is 11.6 Å². The molecular weight excluding hydrogens is 466 g/mol. The molecule has 1 aromatic heterocycles. The third-order valence-electron chi connectivity index (χ3n) is 5.34. The summed E-state index contributed by atoms with van der Waals surface area (Å²) in [6.45, 7) is 6.99. The number of carbonyl (C=O) groups excluding carboxylic acids is 1. The number of hydrogen-bond acceptors (Lipinski definition) is 3. The summed E-state index contributed by atoms with van der Waals surface area (Å²) in [7, 11) is -0.279. The van der Waals surface area contributed by atoms with Crippen LogP contribution in [-0.2, 0) is 9.53 Å². The summed E-state index contributed by atoms with van der Waals surface area (Å²) < 4.78 is 39.0. The molecule has 178 valence electrons. The van der Waals surface area contributed by atoms with Crippen LogP contribution in [0, 0.1) is 37.3 Å². The van der Waals surface area contributed by atoms with Crippen LogP contribution < -0.4 is 4.74 Å². The van der Waals surface area contributed by atoms with Crippen molar-refractivity contribution in [1.29, 1.82) is 0 Å². The standard InChI is InChI=1S/C29H25F2O3S/c1-19-15-25(35-14-12-22-17-24(31)9-10-26(22)35)16-20(2)28(19)33-18-27(32)34-29(3,4)13-11-21-5-7-23(30)8-6-21/h5-10,12,14-17H,18H2,1-4H3/q+1. The minimum absolute atomic E-state index is 0.244. The van der Waals surface area contributed by atoms with E-state index in [0.717, 1.165) is 26.1 Å². The number of esters is 1. The number of rotatable bonds is 5. The Hall–Kier alpha value is -3.69. The lowest BCUT2D eigenvalue weighted by Crippen LogP contribution is -2.29. The van der Waals surface area contributed by atoms with Crippen LogP contribution in [0.25, 0.3) is 15.0 Å². The molecule has 0 bridgehead atoms. The van der Waals surface area contributed by atoms with E-state index in [-0.39, 0.29) is 28.7 Å². The number of hydrogen-bond donors (Lipinski definition) is 0. The molecule has 0 aliphatic heterocycles. The van der Waals surface area contributed by atoms with Crippen LogP contribution >= 0.6 is 10.5 Å². The van der Waals surface area contributed by atoms with Crippen molar-refractivity contribution in [3.05, 3.63) is 94.4 Å². The highest BCUT2D eigenvalue weighted by Gasteiger charge is 2.22. The maximum atomic E-state index is 13.6. The monoisotopic (exact) mass is 491 g/mol. The minimum Gasteiger partial charge on any atom is -0.481 e. The van der Waals surface area contributed by atoms with Crippen LogP contribution in [0.3, 0.4) is 0 Å². The van der Waals surface area contributed by atoms with Gasteiger partial charge in [-0.05, 0) is 75.2 Å². The predicted octanol–water partition coefficient (Wildman–Crippen LogP) is 7.23. The van der Waals surface area contributed by atoms with Gasteiger partial charge < -0.3 is 9.47 Å². The van der Waals surface area contributed by atoms with Gasteiger partial charge in [-0.25, -0.2) is 13.6 Å². The third-order valence-corrected chi connectivity index (χ3v) is 7.33. The van der Waals surface area contributed by atoms with Gasteiger partial charge in [0.05, 0.1) is 0 Å². The van der Waals surface area contributed by atoms with Crippen LogP contribution in [0.5, 0.6) is 5.75 Å². The van der Waals surface area contributed by atoms with Crippen LogP contribution in [0.2, 0.25) is 0 Å². The van der Waals surface area contributed by atoms with Gasteiger partial charge in [-0.3, -0.25) is 0 Å². The van der Waals surface area contributed by atoms with E-state index >= 15 is 0 Å². The van der Waals surface area contributed by atoms with Crippen molar-refractivity contribution in [2.24, 2.45) is 0 Å². The number of benzene rings is 3. The molecule has 0 spiro atoms. The van der Waals surface area contributed by atoms with Crippen molar-refractivity contribution < 1.29 is 23.0 Å². The van der Waals surface area contributed by atoms with Crippen molar-refractivity contribution in [2.45, 2.75) is 33.3 Å². The highest BCUT2D eigenvalue weighted by molar-refractivity contribution is 7.43. The van der Waals surface area contributed by atoms with Gasteiger partial charge in [-0.1, -0.05) is 11.8 Å².